The molecule has 0 aliphatic carbocycles. The molecule has 0 spiro atoms. The number of amides is 2. The molecule has 0 saturated carbocycles. The molecule has 0 atom stereocenters. The van der Waals surface area contributed by atoms with Crippen LogP contribution >= 0.6 is 0 Å². The summed E-state index contributed by atoms with van der Waals surface area (Å²) in [6.45, 7) is 6.30. The normalized spacial score (nSPS) is 14.7. The Kier molecular flexibility index (Phi) is 5.98. The summed E-state index contributed by atoms with van der Waals surface area (Å²) in [6.07, 6.45) is 0. The van der Waals surface area contributed by atoms with E-state index in [1.165, 1.54) is 12.7 Å². The molecule has 1 aliphatic rings. The SMILES string of the molecule is COCC(=O)N1CCN(C(=O)COc2ccc(C)c(C)c2)CC1. The quantitative estimate of drug-likeness (QED) is 0.812. The van der Waals surface area contributed by atoms with Crippen LogP contribution in [0.1, 0.15) is 11.1 Å². The maximum absolute atomic E-state index is 12.2. The molecule has 0 unspecified atom stereocenters. The number of piperazine rings is 1. The van der Waals surface area contributed by atoms with Crippen LogP contribution in [0.15, 0.2) is 18.2 Å². The molecule has 1 aromatic carbocycles. The van der Waals surface area contributed by atoms with E-state index in [-0.39, 0.29) is 25.0 Å². The van der Waals surface area contributed by atoms with E-state index in [2.05, 4.69) is 0 Å². The van der Waals surface area contributed by atoms with Crippen LogP contribution in [0.5, 0.6) is 5.75 Å². The zero-order valence-corrected chi connectivity index (χ0v) is 14.0. The summed E-state index contributed by atoms with van der Waals surface area (Å²) in [7, 11) is 1.50. The van der Waals surface area contributed by atoms with Crippen LogP contribution in [-0.2, 0) is 14.3 Å². The summed E-state index contributed by atoms with van der Waals surface area (Å²) in [5, 5.41) is 0. The second-order valence-electron chi connectivity index (χ2n) is 5.73. The average molecular weight is 320 g/mol. The lowest BCUT2D eigenvalue weighted by Crippen LogP contribution is -2.52. The van der Waals surface area contributed by atoms with Crippen molar-refractivity contribution in [2.75, 3.05) is 46.5 Å². The van der Waals surface area contributed by atoms with Crippen molar-refractivity contribution < 1.29 is 19.1 Å². The highest BCUT2D eigenvalue weighted by Gasteiger charge is 2.24. The van der Waals surface area contributed by atoms with Crippen LogP contribution in [0.3, 0.4) is 0 Å². The lowest BCUT2D eigenvalue weighted by Gasteiger charge is -2.34. The first-order chi connectivity index (χ1) is 11.0. The fraction of sp³-hybridized carbons (Fsp3) is 0.529. The Balaban J connectivity index is 1.79. The molecule has 1 fully saturated rings. The molecule has 1 heterocycles. The predicted molar refractivity (Wildman–Crippen MR) is 86.4 cm³/mol. The molecule has 126 valence electrons. The van der Waals surface area contributed by atoms with Gasteiger partial charge in [0.2, 0.25) is 5.91 Å². The highest BCUT2D eigenvalue weighted by Crippen LogP contribution is 2.16. The van der Waals surface area contributed by atoms with Gasteiger partial charge >= 0.3 is 0 Å². The first-order valence-corrected chi connectivity index (χ1v) is 7.76. The molecule has 0 N–H and O–H groups in total. The van der Waals surface area contributed by atoms with Gasteiger partial charge in [-0.1, -0.05) is 6.07 Å². The van der Waals surface area contributed by atoms with Crippen molar-refractivity contribution in [3.8, 4) is 5.75 Å². The van der Waals surface area contributed by atoms with Gasteiger partial charge in [-0.3, -0.25) is 9.59 Å². The molecule has 6 heteroatoms. The van der Waals surface area contributed by atoms with Gasteiger partial charge in [0.25, 0.3) is 5.91 Å². The van der Waals surface area contributed by atoms with Crippen molar-refractivity contribution in [1.82, 2.24) is 9.80 Å². The average Bonchev–Trinajstić information content (AvgIpc) is 2.56. The first-order valence-electron chi connectivity index (χ1n) is 7.76. The highest BCUT2D eigenvalue weighted by atomic mass is 16.5. The smallest absolute Gasteiger partial charge is 0.260 e. The Hall–Kier alpha value is -2.08. The van der Waals surface area contributed by atoms with Crippen LogP contribution in [0, 0.1) is 13.8 Å². The van der Waals surface area contributed by atoms with Crippen LogP contribution in [0.4, 0.5) is 0 Å². The molecule has 0 radical (unpaired) electrons. The third-order valence-corrected chi connectivity index (χ3v) is 4.09. The molecule has 1 aliphatic heterocycles. The first kappa shape index (κ1) is 17.3. The molecule has 0 aromatic heterocycles. The number of methoxy groups -OCH3 is 1. The van der Waals surface area contributed by atoms with Gasteiger partial charge in [0.05, 0.1) is 0 Å². The van der Waals surface area contributed by atoms with E-state index in [0.717, 1.165) is 5.56 Å². The minimum atomic E-state index is -0.0536. The maximum Gasteiger partial charge on any atom is 0.260 e. The number of aryl methyl sites for hydroxylation is 2. The molecular formula is C17H24N2O4. The molecule has 1 aromatic rings. The van der Waals surface area contributed by atoms with E-state index in [4.69, 9.17) is 9.47 Å². The Morgan fingerprint density at radius 1 is 0.957 bits per heavy atom. The second-order valence-corrected chi connectivity index (χ2v) is 5.73. The van der Waals surface area contributed by atoms with Gasteiger partial charge in [0.1, 0.15) is 12.4 Å². The number of ether oxygens (including phenoxy) is 2. The van der Waals surface area contributed by atoms with Crippen molar-refractivity contribution in [1.29, 1.82) is 0 Å². The summed E-state index contributed by atoms with van der Waals surface area (Å²) >= 11 is 0. The van der Waals surface area contributed by atoms with Crippen molar-refractivity contribution >= 4 is 11.8 Å². The van der Waals surface area contributed by atoms with Gasteiger partial charge in [0, 0.05) is 33.3 Å². The Labute approximate surface area is 137 Å². The van der Waals surface area contributed by atoms with E-state index in [0.29, 0.717) is 31.9 Å². The summed E-state index contributed by atoms with van der Waals surface area (Å²) in [5.41, 5.74) is 2.33. The molecule has 23 heavy (non-hydrogen) atoms. The van der Waals surface area contributed by atoms with Crippen LogP contribution in [0.25, 0.3) is 0 Å². The maximum atomic E-state index is 12.2. The van der Waals surface area contributed by atoms with Crippen LogP contribution in [0.2, 0.25) is 0 Å². The predicted octanol–water partition coefficient (Wildman–Crippen LogP) is 0.999. The minimum absolute atomic E-state index is 0.0223. The number of hydrogen-bond acceptors (Lipinski definition) is 4. The van der Waals surface area contributed by atoms with Gasteiger partial charge in [-0.2, -0.15) is 0 Å². The lowest BCUT2D eigenvalue weighted by atomic mass is 10.1. The molecule has 2 amide bonds. The van der Waals surface area contributed by atoms with Gasteiger partial charge in [0.15, 0.2) is 6.61 Å². The number of hydrogen-bond donors (Lipinski definition) is 0. The Bertz CT molecular complexity index is 566. The van der Waals surface area contributed by atoms with E-state index in [1.54, 1.807) is 9.80 Å². The highest BCUT2D eigenvalue weighted by molar-refractivity contribution is 5.79. The van der Waals surface area contributed by atoms with Gasteiger partial charge in [-0.25, -0.2) is 0 Å². The summed E-state index contributed by atoms with van der Waals surface area (Å²) < 4.78 is 10.4. The third kappa shape index (κ3) is 4.69. The molecule has 6 nitrogen and oxygen atoms in total. The van der Waals surface area contributed by atoms with Crippen molar-refractivity contribution in [2.45, 2.75) is 13.8 Å². The van der Waals surface area contributed by atoms with Crippen molar-refractivity contribution in [3.63, 3.8) is 0 Å². The van der Waals surface area contributed by atoms with Gasteiger partial charge < -0.3 is 19.3 Å². The van der Waals surface area contributed by atoms with Crippen molar-refractivity contribution in [2.24, 2.45) is 0 Å². The molecular weight excluding hydrogens is 296 g/mol. The zero-order valence-electron chi connectivity index (χ0n) is 14.0. The van der Waals surface area contributed by atoms with Crippen LogP contribution < -0.4 is 4.74 Å². The van der Waals surface area contributed by atoms with E-state index < -0.39 is 0 Å². The largest absolute Gasteiger partial charge is 0.484 e. The summed E-state index contributed by atoms with van der Waals surface area (Å²) in [6, 6.07) is 5.79. The second kappa shape index (κ2) is 7.97. The minimum Gasteiger partial charge on any atom is -0.484 e. The number of carbonyl (C=O) groups is 2. The lowest BCUT2D eigenvalue weighted by molar-refractivity contribution is -0.142. The fourth-order valence-electron chi connectivity index (χ4n) is 2.46. The number of rotatable bonds is 5. The topological polar surface area (TPSA) is 59.1 Å². The number of carbonyl (C=O) groups excluding carboxylic acids is 2. The third-order valence-electron chi connectivity index (χ3n) is 4.09. The summed E-state index contributed by atoms with van der Waals surface area (Å²) in [4.78, 5) is 27.4. The molecule has 0 bridgehead atoms. The van der Waals surface area contributed by atoms with Gasteiger partial charge in [-0.05, 0) is 37.1 Å². The number of benzene rings is 1. The Morgan fingerprint density at radius 3 is 2.04 bits per heavy atom. The van der Waals surface area contributed by atoms with E-state index in [1.807, 2.05) is 32.0 Å². The molecule has 2 rings (SSSR count). The fourth-order valence-corrected chi connectivity index (χ4v) is 2.46. The van der Waals surface area contributed by atoms with E-state index in [9.17, 15) is 9.59 Å². The zero-order chi connectivity index (χ0) is 16.8. The monoisotopic (exact) mass is 320 g/mol. The summed E-state index contributed by atoms with van der Waals surface area (Å²) in [5.74, 6) is 0.614. The van der Waals surface area contributed by atoms with Crippen molar-refractivity contribution in [3.05, 3.63) is 29.3 Å². The van der Waals surface area contributed by atoms with Gasteiger partial charge in [-0.15, -0.1) is 0 Å². The Morgan fingerprint density at radius 2 is 1.52 bits per heavy atom. The van der Waals surface area contributed by atoms with Crippen LogP contribution in [-0.4, -0.2) is 68.1 Å². The van der Waals surface area contributed by atoms with E-state index >= 15 is 0 Å². The number of nitrogens with zero attached hydrogens (tertiary/aromatic N) is 2. The standard InChI is InChI=1S/C17H24N2O4/c1-13-4-5-15(10-14(13)2)23-12-17(21)19-8-6-18(7-9-19)16(20)11-22-3/h4-5,10H,6-9,11-12H2,1-3H3. The molecule has 1 saturated heterocycles.